The molecule has 0 aliphatic rings. The third-order valence-corrected chi connectivity index (χ3v) is 4.74. The van der Waals surface area contributed by atoms with E-state index in [1.54, 1.807) is 6.92 Å². The molecule has 0 aliphatic heterocycles. The molecule has 0 spiro atoms. The Morgan fingerprint density at radius 1 is 1.29 bits per heavy atom. The van der Waals surface area contributed by atoms with Crippen LogP contribution < -0.4 is 10.6 Å². The van der Waals surface area contributed by atoms with Gasteiger partial charge in [0.05, 0.1) is 10.9 Å². The number of hydrogen-bond donors (Lipinski definition) is 2. The third kappa shape index (κ3) is 5.41. The number of carbonyl (C=O) groups excluding carboxylic acids is 1. The SMILES string of the molecule is CC(Sc1nnc(NC(C)(C)C)s1)C(=O)Nc1cc(F)ccc1F. The second kappa shape index (κ2) is 7.43. The monoisotopic (exact) mass is 372 g/mol. The van der Waals surface area contributed by atoms with Gasteiger partial charge in [-0.2, -0.15) is 0 Å². The van der Waals surface area contributed by atoms with Crippen molar-refractivity contribution in [2.45, 2.75) is 42.8 Å². The number of benzene rings is 1. The number of halogens is 2. The smallest absolute Gasteiger partial charge is 0.237 e. The van der Waals surface area contributed by atoms with Gasteiger partial charge in [0.1, 0.15) is 11.6 Å². The summed E-state index contributed by atoms with van der Waals surface area (Å²) in [7, 11) is 0. The van der Waals surface area contributed by atoms with Gasteiger partial charge in [0, 0.05) is 11.6 Å². The largest absolute Gasteiger partial charge is 0.355 e. The topological polar surface area (TPSA) is 66.9 Å². The molecule has 0 bridgehead atoms. The van der Waals surface area contributed by atoms with E-state index in [1.807, 2.05) is 20.8 Å². The molecule has 1 heterocycles. The lowest BCUT2D eigenvalue weighted by atomic mass is 10.1. The van der Waals surface area contributed by atoms with E-state index in [1.165, 1.54) is 23.1 Å². The van der Waals surface area contributed by atoms with Crippen LogP contribution >= 0.6 is 23.1 Å². The first-order valence-corrected chi connectivity index (χ1v) is 8.88. The molecular weight excluding hydrogens is 354 g/mol. The van der Waals surface area contributed by atoms with Gasteiger partial charge in [0.15, 0.2) is 4.34 Å². The van der Waals surface area contributed by atoms with Crippen LogP contribution in [0.5, 0.6) is 0 Å². The lowest BCUT2D eigenvalue weighted by molar-refractivity contribution is -0.115. The van der Waals surface area contributed by atoms with Crippen LogP contribution in [0.2, 0.25) is 0 Å². The average Bonchev–Trinajstić information content (AvgIpc) is 2.87. The Labute approximate surface area is 147 Å². The minimum Gasteiger partial charge on any atom is -0.355 e. The zero-order valence-corrected chi connectivity index (χ0v) is 15.3. The maximum absolute atomic E-state index is 13.6. The molecule has 0 saturated carbocycles. The van der Waals surface area contributed by atoms with E-state index in [-0.39, 0.29) is 11.2 Å². The van der Waals surface area contributed by atoms with E-state index in [0.29, 0.717) is 9.47 Å². The Hall–Kier alpha value is -1.74. The summed E-state index contributed by atoms with van der Waals surface area (Å²) in [5.74, 6) is -1.74. The number of nitrogens with one attached hydrogen (secondary N) is 2. The standard InChI is InChI=1S/C15H18F2N4OS2/c1-8(12(22)18-11-7-9(16)5-6-10(11)17)23-14-21-20-13(24-14)19-15(2,3)4/h5-8H,1-4H3,(H,18,22)(H,19,20). The van der Waals surface area contributed by atoms with Crippen molar-refractivity contribution in [1.29, 1.82) is 0 Å². The minimum atomic E-state index is -0.686. The van der Waals surface area contributed by atoms with Crippen LogP contribution in [-0.2, 0) is 4.79 Å². The molecule has 0 saturated heterocycles. The summed E-state index contributed by atoms with van der Waals surface area (Å²) < 4.78 is 27.3. The van der Waals surface area contributed by atoms with Crippen molar-refractivity contribution in [3.05, 3.63) is 29.8 Å². The van der Waals surface area contributed by atoms with E-state index < -0.39 is 22.8 Å². The normalized spacial score (nSPS) is 12.8. The van der Waals surface area contributed by atoms with Crippen molar-refractivity contribution in [2.24, 2.45) is 0 Å². The number of aromatic nitrogens is 2. The molecule has 130 valence electrons. The van der Waals surface area contributed by atoms with Gasteiger partial charge in [-0.25, -0.2) is 8.78 Å². The number of carbonyl (C=O) groups is 1. The molecule has 1 unspecified atom stereocenters. The van der Waals surface area contributed by atoms with Crippen LogP contribution in [-0.4, -0.2) is 26.9 Å². The molecule has 0 aliphatic carbocycles. The number of anilines is 2. The maximum Gasteiger partial charge on any atom is 0.237 e. The van der Waals surface area contributed by atoms with Crippen molar-refractivity contribution in [3.8, 4) is 0 Å². The number of amides is 1. The average molecular weight is 372 g/mol. The molecule has 2 N–H and O–H groups in total. The van der Waals surface area contributed by atoms with E-state index in [9.17, 15) is 13.6 Å². The molecule has 9 heteroatoms. The summed E-state index contributed by atoms with van der Waals surface area (Å²) in [5.41, 5.74) is -0.320. The predicted octanol–water partition coefficient (Wildman–Crippen LogP) is 4.15. The van der Waals surface area contributed by atoms with Gasteiger partial charge in [-0.15, -0.1) is 10.2 Å². The fourth-order valence-corrected chi connectivity index (χ4v) is 3.77. The Bertz CT molecular complexity index is 731. The number of hydrogen-bond acceptors (Lipinski definition) is 6. The van der Waals surface area contributed by atoms with Crippen LogP contribution in [0.15, 0.2) is 22.5 Å². The van der Waals surface area contributed by atoms with Gasteiger partial charge in [0.2, 0.25) is 11.0 Å². The summed E-state index contributed by atoms with van der Waals surface area (Å²) >= 11 is 2.54. The highest BCUT2D eigenvalue weighted by molar-refractivity contribution is 8.02. The zero-order chi connectivity index (χ0) is 17.9. The predicted molar refractivity (Wildman–Crippen MR) is 93.6 cm³/mol. The molecular formula is C15H18F2N4OS2. The number of thioether (sulfide) groups is 1. The Morgan fingerprint density at radius 2 is 2.00 bits per heavy atom. The highest BCUT2D eigenvalue weighted by atomic mass is 32.2. The summed E-state index contributed by atoms with van der Waals surface area (Å²) in [6.07, 6.45) is 0. The van der Waals surface area contributed by atoms with Crippen LogP contribution in [0.25, 0.3) is 0 Å². The number of rotatable bonds is 5. The Balaban J connectivity index is 1.98. The Kier molecular flexibility index (Phi) is 5.76. The molecule has 24 heavy (non-hydrogen) atoms. The second-order valence-corrected chi connectivity index (χ2v) is 8.69. The van der Waals surface area contributed by atoms with Crippen LogP contribution in [0, 0.1) is 11.6 Å². The van der Waals surface area contributed by atoms with Gasteiger partial charge >= 0.3 is 0 Å². The van der Waals surface area contributed by atoms with Crippen molar-refractivity contribution in [1.82, 2.24) is 10.2 Å². The van der Waals surface area contributed by atoms with Crippen molar-refractivity contribution in [2.75, 3.05) is 10.6 Å². The third-order valence-electron chi connectivity index (χ3n) is 2.72. The summed E-state index contributed by atoms with van der Waals surface area (Å²) in [6.45, 7) is 7.68. The van der Waals surface area contributed by atoms with Crippen molar-refractivity contribution < 1.29 is 13.6 Å². The van der Waals surface area contributed by atoms with Crippen molar-refractivity contribution in [3.63, 3.8) is 0 Å². The lowest BCUT2D eigenvalue weighted by Gasteiger charge is -2.18. The number of nitrogens with zero attached hydrogens (tertiary/aromatic N) is 2. The van der Waals surface area contributed by atoms with Gasteiger partial charge in [0.25, 0.3) is 0 Å². The summed E-state index contributed by atoms with van der Waals surface area (Å²) in [6, 6.07) is 2.91. The van der Waals surface area contributed by atoms with Crippen LogP contribution in [0.1, 0.15) is 27.7 Å². The molecule has 1 amide bonds. The van der Waals surface area contributed by atoms with Gasteiger partial charge < -0.3 is 10.6 Å². The van der Waals surface area contributed by atoms with Crippen molar-refractivity contribution >= 4 is 39.8 Å². The molecule has 2 rings (SSSR count). The Morgan fingerprint density at radius 3 is 2.67 bits per heavy atom. The highest BCUT2D eigenvalue weighted by Gasteiger charge is 2.20. The summed E-state index contributed by atoms with van der Waals surface area (Å²) in [4.78, 5) is 12.1. The zero-order valence-electron chi connectivity index (χ0n) is 13.7. The molecule has 0 radical (unpaired) electrons. The lowest BCUT2D eigenvalue weighted by Crippen LogP contribution is -2.25. The minimum absolute atomic E-state index is 0.140. The summed E-state index contributed by atoms with van der Waals surface area (Å²) in [5, 5.41) is 13.7. The fourth-order valence-electron chi connectivity index (χ4n) is 1.66. The van der Waals surface area contributed by atoms with E-state index >= 15 is 0 Å². The van der Waals surface area contributed by atoms with E-state index in [2.05, 4.69) is 20.8 Å². The molecule has 1 aromatic heterocycles. The molecule has 1 aromatic carbocycles. The van der Waals surface area contributed by atoms with Gasteiger partial charge in [-0.05, 0) is 39.8 Å². The first-order chi connectivity index (χ1) is 11.1. The highest BCUT2D eigenvalue weighted by Crippen LogP contribution is 2.30. The quantitative estimate of drug-likeness (QED) is 0.772. The van der Waals surface area contributed by atoms with Gasteiger partial charge in [-0.1, -0.05) is 23.1 Å². The second-order valence-electron chi connectivity index (χ2n) is 6.12. The van der Waals surface area contributed by atoms with Crippen LogP contribution in [0.4, 0.5) is 19.6 Å². The molecule has 5 nitrogen and oxygen atoms in total. The van der Waals surface area contributed by atoms with Crippen LogP contribution in [0.3, 0.4) is 0 Å². The van der Waals surface area contributed by atoms with Gasteiger partial charge in [-0.3, -0.25) is 4.79 Å². The molecule has 1 atom stereocenters. The van der Waals surface area contributed by atoms with E-state index in [4.69, 9.17) is 0 Å². The van der Waals surface area contributed by atoms with E-state index in [0.717, 1.165) is 18.2 Å². The maximum atomic E-state index is 13.6. The first-order valence-electron chi connectivity index (χ1n) is 7.18. The fraction of sp³-hybridized carbons (Fsp3) is 0.400. The first kappa shape index (κ1) is 18.6. The molecule has 0 fully saturated rings. The molecule has 2 aromatic rings.